The number of aromatic nitrogens is 2. The van der Waals surface area contributed by atoms with Crippen LogP contribution in [0.5, 0.6) is 0 Å². The molecule has 7 nitrogen and oxygen atoms in total. The lowest BCUT2D eigenvalue weighted by Crippen LogP contribution is -2.39. The molecule has 0 saturated heterocycles. The molecule has 0 aliphatic heterocycles. The van der Waals surface area contributed by atoms with E-state index in [9.17, 15) is 10.1 Å². The number of hydrogen-bond donors (Lipinski definition) is 2. The van der Waals surface area contributed by atoms with Gasteiger partial charge in [-0.25, -0.2) is 4.68 Å². The van der Waals surface area contributed by atoms with E-state index < -0.39 is 0 Å². The molecule has 3 N–H and O–H groups in total. The summed E-state index contributed by atoms with van der Waals surface area (Å²) in [5.74, 6) is 0.487. The first-order valence-electron chi connectivity index (χ1n) is 7.65. The van der Waals surface area contributed by atoms with Crippen LogP contribution in [0.25, 0.3) is 0 Å². The molecule has 2 rings (SSSR count). The third kappa shape index (κ3) is 3.34. The van der Waals surface area contributed by atoms with Crippen molar-refractivity contribution in [1.29, 1.82) is 0 Å². The second kappa shape index (κ2) is 6.43. The van der Waals surface area contributed by atoms with Crippen LogP contribution in [0.1, 0.15) is 57.6 Å². The highest BCUT2D eigenvalue weighted by atomic mass is 16.6. The van der Waals surface area contributed by atoms with Gasteiger partial charge in [-0.05, 0) is 12.8 Å². The average molecular weight is 295 g/mol. The Labute approximate surface area is 125 Å². The van der Waals surface area contributed by atoms with Gasteiger partial charge >= 0.3 is 5.69 Å². The fourth-order valence-corrected chi connectivity index (χ4v) is 2.96. The molecule has 2 atom stereocenters. The van der Waals surface area contributed by atoms with E-state index in [1.807, 2.05) is 13.8 Å². The van der Waals surface area contributed by atoms with Gasteiger partial charge in [0.05, 0.1) is 4.92 Å². The summed E-state index contributed by atoms with van der Waals surface area (Å²) < 4.78 is 1.57. The van der Waals surface area contributed by atoms with E-state index in [4.69, 9.17) is 5.73 Å². The van der Waals surface area contributed by atoms with E-state index in [0.717, 1.165) is 25.7 Å². The summed E-state index contributed by atoms with van der Waals surface area (Å²) in [7, 11) is 1.74. The van der Waals surface area contributed by atoms with Crippen molar-refractivity contribution in [3.63, 3.8) is 0 Å². The SMILES string of the molecule is CC(C)c1nn(C)c(NC2CCCCCC2N)c1[N+](=O)[O-]. The van der Waals surface area contributed by atoms with Crippen LogP contribution in [0.2, 0.25) is 0 Å². The maximum atomic E-state index is 11.4. The minimum Gasteiger partial charge on any atom is -0.360 e. The monoisotopic (exact) mass is 295 g/mol. The lowest BCUT2D eigenvalue weighted by atomic mass is 10.0. The number of nitro groups is 1. The molecule has 0 aromatic carbocycles. The fraction of sp³-hybridized carbons (Fsp3) is 0.786. The molecule has 0 radical (unpaired) electrons. The van der Waals surface area contributed by atoms with Gasteiger partial charge in [0.2, 0.25) is 5.82 Å². The predicted molar refractivity (Wildman–Crippen MR) is 82.4 cm³/mol. The van der Waals surface area contributed by atoms with Gasteiger partial charge in [0.1, 0.15) is 5.69 Å². The minimum atomic E-state index is -0.340. The maximum absolute atomic E-state index is 11.4. The Hall–Kier alpha value is -1.63. The van der Waals surface area contributed by atoms with Crippen molar-refractivity contribution >= 4 is 11.5 Å². The molecule has 1 aliphatic carbocycles. The maximum Gasteiger partial charge on any atom is 0.334 e. The van der Waals surface area contributed by atoms with Crippen LogP contribution in [-0.2, 0) is 7.05 Å². The molecule has 1 heterocycles. The number of nitrogens with two attached hydrogens (primary N) is 1. The molecule has 2 unspecified atom stereocenters. The smallest absolute Gasteiger partial charge is 0.334 e. The van der Waals surface area contributed by atoms with E-state index in [-0.39, 0.29) is 28.6 Å². The van der Waals surface area contributed by atoms with E-state index in [1.165, 1.54) is 6.42 Å². The quantitative estimate of drug-likeness (QED) is 0.505. The van der Waals surface area contributed by atoms with Crippen LogP contribution in [0, 0.1) is 10.1 Å². The van der Waals surface area contributed by atoms with E-state index in [1.54, 1.807) is 11.7 Å². The molecule has 1 saturated carbocycles. The van der Waals surface area contributed by atoms with E-state index >= 15 is 0 Å². The Bertz CT molecular complexity index is 512. The summed E-state index contributed by atoms with van der Waals surface area (Å²) >= 11 is 0. The number of aryl methyl sites for hydroxylation is 1. The summed E-state index contributed by atoms with van der Waals surface area (Å²) in [6.07, 6.45) is 5.32. The van der Waals surface area contributed by atoms with Crippen LogP contribution in [0.3, 0.4) is 0 Å². The minimum absolute atomic E-state index is 0.00922. The van der Waals surface area contributed by atoms with Crippen molar-refractivity contribution in [2.24, 2.45) is 12.8 Å². The second-order valence-corrected chi connectivity index (χ2v) is 6.17. The predicted octanol–water partition coefficient (Wildman–Crippen LogP) is 2.52. The number of hydrogen-bond acceptors (Lipinski definition) is 5. The van der Waals surface area contributed by atoms with E-state index in [2.05, 4.69) is 10.4 Å². The van der Waals surface area contributed by atoms with Crippen LogP contribution >= 0.6 is 0 Å². The second-order valence-electron chi connectivity index (χ2n) is 6.17. The van der Waals surface area contributed by atoms with Gasteiger partial charge in [0.25, 0.3) is 0 Å². The van der Waals surface area contributed by atoms with Crippen LogP contribution < -0.4 is 11.1 Å². The molecular formula is C14H25N5O2. The van der Waals surface area contributed by atoms with Crippen LogP contribution in [-0.4, -0.2) is 26.8 Å². The largest absolute Gasteiger partial charge is 0.360 e. The topological polar surface area (TPSA) is 99.0 Å². The van der Waals surface area contributed by atoms with E-state index in [0.29, 0.717) is 11.5 Å². The molecule has 1 fully saturated rings. The van der Waals surface area contributed by atoms with Crippen molar-refractivity contribution in [2.75, 3.05) is 5.32 Å². The first-order valence-corrected chi connectivity index (χ1v) is 7.65. The Morgan fingerprint density at radius 3 is 2.67 bits per heavy atom. The number of nitrogens with one attached hydrogen (secondary N) is 1. The molecular weight excluding hydrogens is 270 g/mol. The Morgan fingerprint density at radius 2 is 2.05 bits per heavy atom. The molecule has 1 aromatic heterocycles. The van der Waals surface area contributed by atoms with Crippen LogP contribution in [0.15, 0.2) is 0 Å². The van der Waals surface area contributed by atoms with Crippen molar-refractivity contribution in [2.45, 2.75) is 64.0 Å². The van der Waals surface area contributed by atoms with Gasteiger partial charge in [-0.1, -0.05) is 33.1 Å². The summed E-state index contributed by atoms with van der Waals surface area (Å²) in [5.41, 5.74) is 6.82. The standard InChI is InChI=1S/C14H25N5O2/c1-9(2)12-13(19(20)21)14(18(3)17-12)16-11-8-6-4-5-7-10(11)15/h9-11,16H,4-8,15H2,1-3H3. The molecule has 1 aromatic rings. The number of rotatable bonds is 4. The summed E-state index contributed by atoms with van der Waals surface area (Å²) in [6, 6.07) is 0.103. The normalized spacial score (nSPS) is 23.1. The molecule has 1 aliphatic rings. The molecule has 118 valence electrons. The Balaban J connectivity index is 2.32. The Morgan fingerprint density at radius 1 is 1.38 bits per heavy atom. The lowest BCUT2D eigenvalue weighted by Gasteiger charge is -2.23. The molecule has 0 amide bonds. The zero-order valence-corrected chi connectivity index (χ0v) is 13.0. The van der Waals surface area contributed by atoms with Crippen molar-refractivity contribution in [3.8, 4) is 0 Å². The number of anilines is 1. The fourth-order valence-electron chi connectivity index (χ4n) is 2.96. The highest BCUT2D eigenvalue weighted by Gasteiger charge is 2.31. The van der Waals surface area contributed by atoms with Crippen molar-refractivity contribution < 1.29 is 4.92 Å². The average Bonchev–Trinajstić information content (AvgIpc) is 2.60. The summed E-state index contributed by atoms with van der Waals surface area (Å²) in [6.45, 7) is 3.83. The third-order valence-electron chi connectivity index (χ3n) is 4.17. The van der Waals surface area contributed by atoms with Gasteiger partial charge in [-0.2, -0.15) is 5.10 Å². The highest BCUT2D eigenvalue weighted by Crippen LogP contribution is 2.34. The van der Waals surface area contributed by atoms with Gasteiger partial charge in [-0.15, -0.1) is 0 Å². The van der Waals surface area contributed by atoms with Gasteiger partial charge in [-0.3, -0.25) is 10.1 Å². The molecule has 21 heavy (non-hydrogen) atoms. The zero-order chi connectivity index (χ0) is 15.6. The lowest BCUT2D eigenvalue weighted by molar-refractivity contribution is -0.384. The van der Waals surface area contributed by atoms with Gasteiger partial charge in [0.15, 0.2) is 0 Å². The van der Waals surface area contributed by atoms with Gasteiger partial charge in [0, 0.05) is 25.0 Å². The Kier molecular flexibility index (Phi) is 4.82. The zero-order valence-electron chi connectivity index (χ0n) is 13.0. The van der Waals surface area contributed by atoms with Crippen molar-refractivity contribution in [1.82, 2.24) is 9.78 Å². The van der Waals surface area contributed by atoms with Crippen molar-refractivity contribution in [3.05, 3.63) is 15.8 Å². The molecule has 7 heteroatoms. The third-order valence-corrected chi connectivity index (χ3v) is 4.17. The summed E-state index contributed by atoms with van der Waals surface area (Å²) in [5, 5.41) is 19.0. The number of nitrogens with zero attached hydrogens (tertiary/aromatic N) is 3. The van der Waals surface area contributed by atoms with Gasteiger partial charge < -0.3 is 11.1 Å². The highest BCUT2D eigenvalue weighted by molar-refractivity contribution is 5.61. The molecule has 0 bridgehead atoms. The summed E-state index contributed by atoms with van der Waals surface area (Å²) in [4.78, 5) is 11.1. The first-order chi connectivity index (χ1) is 9.91. The van der Waals surface area contributed by atoms with Crippen LogP contribution in [0.4, 0.5) is 11.5 Å². The molecule has 0 spiro atoms. The first kappa shape index (κ1) is 15.8.